The maximum absolute atomic E-state index is 5.92. The molecule has 3 N–H and O–H groups in total. The number of anilines is 2. The summed E-state index contributed by atoms with van der Waals surface area (Å²) in [5.41, 5.74) is 8.80. The van der Waals surface area contributed by atoms with Crippen LogP contribution in [0.15, 0.2) is 30.5 Å². The summed E-state index contributed by atoms with van der Waals surface area (Å²) in [7, 11) is 3.27. The number of rotatable bonds is 6. The highest BCUT2D eigenvalue weighted by Gasteiger charge is 2.05. The number of hydrogen-bond donors (Lipinski definition) is 2. The van der Waals surface area contributed by atoms with Crippen molar-refractivity contribution in [1.82, 2.24) is 4.98 Å². The number of aromatic nitrogens is 1. The fraction of sp³-hybridized carbons (Fsp3) is 0.312. The van der Waals surface area contributed by atoms with Crippen molar-refractivity contribution in [2.45, 2.75) is 13.3 Å². The third-order valence-corrected chi connectivity index (χ3v) is 3.21. The van der Waals surface area contributed by atoms with Crippen LogP contribution in [0, 0.1) is 6.92 Å². The van der Waals surface area contributed by atoms with Gasteiger partial charge in [-0.25, -0.2) is 4.98 Å². The van der Waals surface area contributed by atoms with E-state index in [1.165, 1.54) is 0 Å². The van der Waals surface area contributed by atoms with Gasteiger partial charge in [-0.05, 0) is 42.7 Å². The maximum Gasteiger partial charge on any atom is 0.160 e. The van der Waals surface area contributed by atoms with Crippen LogP contribution in [-0.4, -0.2) is 25.7 Å². The maximum atomic E-state index is 5.92. The molecule has 112 valence electrons. The minimum atomic E-state index is 0.669. The molecule has 1 heterocycles. The molecule has 1 aromatic heterocycles. The zero-order valence-corrected chi connectivity index (χ0v) is 12.6. The molecule has 0 amide bonds. The summed E-state index contributed by atoms with van der Waals surface area (Å²) in [6.45, 7) is 2.71. The average Bonchev–Trinajstić information content (AvgIpc) is 2.49. The lowest BCUT2D eigenvalue weighted by Crippen LogP contribution is -2.08. The lowest BCUT2D eigenvalue weighted by atomic mass is 10.1. The fourth-order valence-corrected chi connectivity index (χ4v) is 2.10. The number of nitrogens with two attached hydrogens (primary N) is 1. The molecule has 0 atom stereocenters. The Morgan fingerprint density at radius 2 is 1.90 bits per heavy atom. The van der Waals surface area contributed by atoms with E-state index in [4.69, 9.17) is 15.2 Å². The van der Waals surface area contributed by atoms with Crippen LogP contribution in [-0.2, 0) is 6.42 Å². The molecule has 0 unspecified atom stereocenters. The molecule has 0 aliphatic rings. The molecule has 1 aromatic carbocycles. The average molecular weight is 287 g/mol. The van der Waals surface area contributed by atoms with Gasteiger partial charge in [0, 0.05) is 12.7 Å². The molecule has 0 saturated carbocycles. The first-order valence-corrected chi connectivity index (χ1v) is 6.81. The highest BCUT2D eigenvalue weighted by Crippen LogP contribution is 2.27. The molecule has 0 radical (unpaired) electrons. The molecule has 2 rings (SSSR count). The summed E-state index contributed by atoms with van der Waals surface area (Å²) in [5, 5.41) is 3.25. The van der Waals surface area contributed by atoms with Crippen LogP contribution in [0.4, 0.5) is 11.5 Å². The summed E-state index contributed by atoms with van der Waals surface area (Å²) >= 11 is 0. The Morgan fingerprint density at radius 3 is 2.57 bits per heavy atom. The zero-order valence-electron chi connectivity index (χ0n) is 12.6. The van der Waals surface area contributed by atoms with Gasteiger partial charge in [0.2, 0.25) is 0 Å². The molecule has 0 bridgehead atoms. The topological polar surface area (TPSA) is 69.4 Å². The second kappa shape index (κ2) is 6.83. The number of nitrogen functional groups attached to an aromatic ring is 1. The number of ether oxygens (including phenoxy) is 2. The van der Waals surface area contributed by atoms with Crippen LogP contribution in [0.3, 0.4) is 0 Å². The second-order valence-electron chi connectivity index (χ2n) is 4.82. The largest absolute Gasteiger partial charge is 0.493 e. The van der Waals surface area contributed by atoms with Crippen molar-refractivity contribution in [1.29, 1.82) is 0 Å². The lowest BCUT2D eigenvalue weighted by Gasteiger charge is -2.11. The standard InChI is InChI=1S/C16H21N3O2/c1-11-8-13(17)16(19-10-11)18-7-6-12-4-5-14(20-2)15(9-12)21-3/h4-5,8-10H,6-7,17H2,1-3H3,(H,18,19). The van der Waals surface area contributed by atoms with Crippen molar-refractivity contribution in [3.05, 3.63) is 41.6 Å². The molecule has 21 heavy (non-hydrogen) atoms. The Morgan fingerprint density at radius 1 is 1.14 bits per heavy atom. The minimum absolute atomic E-state index is 0.669. The first kappa shape index (κ1) is 15.0. The summed E-state index contributed by atoms with van der Waals surface area (Å²) in [4.78, 5) is 4.29. The summed E-state index contributed by atoms with van der Waals surface area (Å²) < 4.78 is 10.5. The van der Waals surface area contributed by atoms with Gasteiger partial charge in [-0.1, -0.05) is 6.07 Å². The predicted molar refractivity (Wildman–Crippen MR) is 85.1 cm³/mol. The van der Waals surface area contributed by atoms with Crippen molar-refractivity contribution in [2.75, 3.05) is 31.8 Å². The smallest absolute Gasteiger partial charge is 0.160 e. The number of aryl methyl sites for hydroxylation is 1. The van der Waals surface area contributed by atoms with Crippen LogP contribution >= 0.6 is 0 Å². The summed E-state index contributed by atoms with van der Waals surface area (Å²) in [5.74, 6) is 2.20. The Hall–Kier alpha value is -2.43. The molecule has 5 nitrogen and oxygen atoms in total. The zero-order chi connectivity index (χ0) is 15.2. The minimum Gasteiger partial charge on any atom is -0.493 e. The Labute approximate surface area is 125 Å². The van der Waals surface area contributed by atoms with E-state index in [0.717, 1.165) is 41.4 Å². The van der Waals surface area contributed by atoms with Gasteiger partial charge in [-0.2, -0.15) is 0 Å². The van der Waals surface area contributed by atoms with E-state index < -0.39 is 0 Å². The quantitative estimate of drug-likeness (QED) is 0.854. The number of pyridine rings is 1. The summed E-state index contributed by atoms with van der Waals surface area (Å²) in [6.07, 6.45) is 2.64. The SMILES string of the molecule is COc1ccc(CCNc2ncc(C)cc2N)cc1OC. The van der Waals surface area contributed by atoms with Crippen molar-refractivity contribution >= 4 is 11.5 Å². The normalized spacial score (nSPS) is 10.2. The van der Waals surface area contributed by atoms with Gasteiger partial charge in [0.1, 0.15) is 5.82 Å². The Bertz CT molecular complexity index is 614. The third-order valence-electron chi connectivity index (χ3n) is 3.21. The molecule has 0 saturated heterocycles. The molecule has 5 heteroatoms. The van der Waals surface area contributed by atoms with Crippen LogP contribution < -0.4 is 20.5 Å². The van der Waals surface area contributed by atoms with E-state index in [0.29, 0.717) is 5.69 Å². The molecule has 0 aliphatic carbocycles. The number of nitrogens with zero attached hydrogens (tertiary/aromatic N) is 1. The first-order valence-electron chi connectivity index (χ1n) is 6.81. The van der Waals surface area contributed by atoms with Gasteiger partial charge in [-0.15, -0.1) is 0 Å². The molecular formula is C16H21N3O2. The molecule has 2 aromatic rings. The number of hydrogen-bond acceptors (Lipinski definition) is 5. The monoisotopic (exact) mass is 287 g/mol. The van der Waals surface area contributed by atoms with Gasteiger partial charge in [0.15, 0.2) is 11.5 Å². The number of nitrogens with one attached hydrogen (secondary N) is 1. The Balaban J connectivity index is 1.97. The van der Waals surface area contributed by atoms with Gasteiger partial charge in [-0.3, -0.25) is 0 Å². The highest BCUT2D eigenvalue weighted by molar-refractivity contribution is 5.61. The second-order valence-corrected chi connectivity index (χ2v) is 4.82. The molecule has 0 spiro atoms. The van der Waals surface area contributed by atoms with Crippen molar-refractivity contribution in [2.24, 2.45) is 0 Å². The third kappa shape index (κ3) is 3.78. The highest BCUT2D eigenvalue weighted by atomic mass is 16.5. The molecule has 0 fully saturated rings. The predicted octanol–water partition coefficient (Wildman–Crippen LogP) is 2.64. The van der Waals surface area contributed by atoms with Gasteiger partial charge in [0.25, 0.3) is 0 Å². The van der Waals surface area contributed by atoms with Crippen molar-refractivity contribution in [3.63, 3.8) is 0 Å². The van der Waals surface area contributed by atoms with E-state index in [2.05, 4.69) is 10.3 Å². The van der Waals surface area contributed by atoms with E-state index >= 15 is 0 Å². The fourth-order valence-electron chi connectivity index (χ4n) is 2.10. The number of methoxy groups -OCH3 is 2. The first-order chi connectivity index (χ1) is 10.1. The van der Waals surface area contributed by atoms with Gasteiger partial charge < -0.3 is 20.5 Å². The Kier molecular flexibility index (Phi) is 4.87. The number of benzene rings is 1. The molecular weight excluding hydrogens is 266 g/mol. The van der Waals surface area contributed by atoms with Crippen molar-refractivity contribution in [3.8, 4) is 11.5 Å². The van der Waals surface area contributed by atoms with Gasteiger partial charge in [0.05, 0.1) is 19.9 Å². The van der Waals surface area contributed by atoms with Crippen LogP contribution in [0.1, 0.15) is 11.1 Å². The van der Waals surface area contributed by atoms with Crippen LogP contribution in [0.25, 0.3) is 0 Å². The molecule has 0 aliphatic heterocycles. The van der Waals surface area contributed by atoms with Crippen molar-refractivity contribution < 1.29 is 9.47 Å². The lowest BCUT2D eigenvalue weighted by molar-refractivity contribution is 0.354. The van der Waals surface area contributed by atoms with E-state index in [9.17, 15) is 0 Å². The van der Waals surface area contributed by atoms with E-state index in [-0.39, 0.29) is 0 Å². The van der Waals surface area contributed by atoms with Crippen LogP contribution in [0.5, 0.6) is 11.5 Å². The van der Waals surface area contributed by atoms with E-state index in [1.54, 1.807) is 20.4 Å². The summed E-state index contributed by atoms with van der Waals surface area (Å²) in [6, 6.07) is 7.82. The van der Waals surface area contributed by atoms with Crippen LogP contribution in [0.2, 0.25) is 0 Å². The van der Waals surface area contributed by atoms with E-state index in [1.807, 2.05) is 31.2 Å². The van der Waals surface area contributed by atoms with Gasteiger partial charge >= 0.3 is 0 Å².